The van der Waals surface area contributed by atoms with Crippen molar-refractivity contribution in [3.05, 3.63) is 35.9 Å². The van der Waals surface area contributed by atoms with Crippen molar-refractivity contribution in [3.8, 4) is 0 Å². The molecule has 2 aliphatic rings. The number of hydrogen-bond donors (Lipinski definition) is 0. The average Bonchev–Trinajstić information content (AvgIpc) is 2.86. The van der Waals surface area contributed by atoms with Gasteiger partial charge in [-0.3, -0.25) is 14.5 Å². The molecule has 1 aromatic rings. The molecule has 0 aliphatic carbocycles. The number of ether oxygens (including phenoxy) is 4. The Morgan fingerprint density at radius 3 is 2.24 bits per heavy atom. The first kappa shape index (κ1) is 28.4. The Hall–Kier alpha value is -3.14. The van der Waals surface area contributed by atoms with Crippen molar-refractivity contribution in [3.63, 3.8) is 0 Å². The Labute approximate surface area is 218 Å². The third-order valence-electron chi connectivity index (χ3n) is 6.30. The van der Waals surface area contributed by atoms with Crippen molar-refractivity contribution in [1.82, 2.24) is 9.80 Å². The normalized spacial score (nSPS) is 20.9. The zero-order chi connectivity index (χ0) is 27.0. The number of carbonyl (C=O) groups excluding carboxylic acids is 4. The topological polar surface area (TPSA) is 112 Å². The molecule has 10 heteroatoms. The molecule has 204 valence electrons. The molecule has 10 nitrogen and oxygen atoms in total. The summed E-state index contributed by atoms with van der Waals surface area (Å²) in [6, 6.07) is 8.52. The summed E-state index contributed by atoms with van der Waals surface area (Å²) in [5.74, 6) is -1.92. The number of esters is 1. The summed E-state index contributed by atoms with van der Waals surface area (Å²) in [4.78, 5) is 53.8. The number of rotatable bonds is 7. The van der Waals surface area contributed by atoms with Crippen LogP contribution in [0.5, 0.6) is 0 Å². The first-order chi connectivity index (χ1) is 17.6. The van der Waals surface area contributed by atoms with Crippen LogP contribution in [-0.4, -0.2) is 84.3 Å². The van der Waals surface area contributed by atoms with E-state index in [1.807, 2.05) is 30.3 Å². The van der Waals surface area contributed by atoms with Crippen molar-refractivity contribution in [2.24, 2.45) is 5.92 Å². The summed E-state index contributed by atoms with van der Waals surface area (Å²) < 4.78 is 22.0. The van der Waals surface area contributed by atoms with Gasteiger partial charge in [0.1, 0.15) is 24.2 Å². The molecule has 2 fully saturated rings. The Kier molecular flexibility index (Phi) is 9.91. The first-order valence-electron chi connectivity index (χ1n) is 12.9. The Balaban J connectivity index is 1.55. The highest BCUT2D eigenvalue weighted by atomic mass is 16.6. The molecule has 2 aliphatic heterocycles. The minimum absolute atomic E-state index is 0.0584. The van der Waals surface area contributed by atoms with Gasteiger partial charge in [-0.2, -0.15) is 0 Å². The van der Waals surface area contributed by atoms with Crippen LogP contribution in [0.25, 0.3) is 0 Å². The fourth-order valence-corrected chi connectivity index (χ4v) is 4.38. The van der Waals surface area contributed by atoms with Gasteiger partial charge in [-0.1, -0.05) is 30.3 Å². The minimum Gasteiger partial charge on any atom is -0.465 e. The van der Waals surface area contributed by atoms with Crippen LogP contribution in [0.15, 0.2) is 30.3 Å². The zero-order valence-electron chi connectivity index (χ0n) is 22.1. The SMILES string of the molecule is CCOC(=O)C1CCN(C(=O)OC(C)(C)C)C(COC2CCN(C(=O)OCc3ccccc3)CC2)C1=O. The second-order valence-electron chi connectivity index (χ2n) is 10.2. The van der Waals surface area contributed by atoms with Crippen LogP contribution in [0.2, 0.25) is 0 Å². The molecule has 0 radical (unpaired) electrons. The number of piperidine rings is 2. The summed E-state index contributed by atoms with van der Waals surface area (Å²) >= 11 is 0. The number of amides is 2. The van der Waals surface area contributed by atoms with E-state index in [1.165, 1.54) is 4.90 Å². The highest BCUT2D eigenvalue weighted by molar-refractivity contribution is 6.03. The molecule has 37 heavy (non-hydrogen) atoms. The maximum Gasteiger partial charge on any atom is 0.410 e. The van der Waals surface area contributed by atoms with Gasteiger partial charge >= 0.3 is 18.2 Å². The molecule has 2 saturated heterocycles. The lowest BCUT2D eigenvalue weighted by atomic mass is 9.89. The van der Waals surface area contributed by atoms with E-state index in [0.717, 1.165) is 5.56 Å². The molecule has 2 unspecified atom stereocenters. The van der Waals surface area contributed by atoms with Gasteiger partial charge in [0.15, 0.2) is 5.78 Å². The number of ketones is 1. The highest BCUT2D eigenvalue weighted by Crippen LogP contribution is 2.25. The van der Waals surface area contributed by atoms with Crippen molar-refractivity contribution < 1.29 is 38.1 Å². The van der Waals surface area contributed by atoms with E-state index >= 15 is 0 Å². The number of carbonyl (C=O) groups is 4. The largest absolute Gasteiger partial charge is 0.465 e. The summed E-state index contributed by atoms with van der Waals surface area (Å²) in [6.45, 7) is 8.36. The summed E-state index contributed by atoms with van der Waals surface area (Å²) in [7, 11) is 0. The number of nitrogens with zero attached hydrogens (tertiary/aromatic N) is 2. The summed E-state index contributed by atoms with van der Waals surface area (Å²) in [5, 5.41) is 0. The van der Waals surface area contributed by atoms with Crippen LogP contribution < -0.4 is 0 Å². The van der Waals surface area contributed by atoms with Crippen molar-refractivity contribution in [1.29, 1.82) is 0 Å². The van der Waals surface area contributed by atoms with Crippen LogP contribution in [0.4, 0.5) is 9.59 Å². The Morgan fingerprint density at radius 2 is 1.62 bits per heavy atom. The highest BCUT2D eigenvalue weighted by Gasteiger charge is 2.44. The lowest BCUT2D eigenvalue weighted by molar-refractivity contribution is -0.157. The molecular formula is C27H38N2O8. The molecule has 0 bridgehead atoms. The molecule has 2 atom stereocenters. The third kappa shape index (κ3) is 8.18. The second kappa shape index (κ2) is 12.9. The zero-order valence-corrected chi connectivity index (χ0v) is 22.1. The average molecular weight is 519 g/mol. The third-order valence-corrected chi connectivity index (χ3v) is 6.30. The minimum atomic E-state index is -0.952. The number of Topliss-reactive ketones (excluding diaryl/α,β-unsaturated/α-hetero) is 1. The van der Waals surface area contributed by atoms with E-state index in [2.05, 4.69) is 0 Å². The van der Waals surface area contributed by atoms with Crippen LogP contribution in [0.1, 0.15) is 52.5 Å². The van der Waals surface area contributed by atoms with Crippen LogP contribution in [0, 0.1) is 5.92 Å². The molecule has 1 aromatic carbocycles. The second-order valence-corrected chi connectivity index (χ2v) is 10.2. The molecule has 0 N–H and O–H groups in total. The summed E-state index contributed by atoms with van der Waals surface area (Å²) in [5.41, 5.74) is 0.188. The maximum atomic E-state index is 13.2. The Bertz CT molecular complexity index is 937. The summed E-state index contributed by atoms with van der Waals surface area (Å²) in [6.07, 6.45) is 0.112. The van der Waals surface area contributed by atoms with Crippen LogP contribution in [0.3, 0.4) is 0 Å². The van der Waals surface area contributed by atoms with Gasteiger partial charge in [0.05, 0.1) is 19.3 Å². The van der Waals surface area contributed by atoms with Gasteiger partial charge in [-0.25, -0.2) is 9.59 Å². The number of hydrogen-bond acceptors (Lipinski definition) is 8. The van der Waals surface area contributed by atoms with Crippen molar-refractivity contribution in [2.45, 2.75) is 71.3 Å². The monoisotopic (exact) mass is 518 g/mol. The van der Waals surface area contributed by atoms with Gasteiger partial charge in [-0.05, 0) is 52.5 Å². The van der Waals surface area contributed by atoms with Gasteiger partial charge in [0.2, 0.25) is 0 Å². The van der Waals surface area contributed by atoms with Crippen LogP contribution in [-0.2, 0) is 35.1 Å². The lowest BCUT2D eigenvalue weighted by Gasteiger charge is -2.39. The molecule has 2 amide bonds. The molecule has 0 spiro atoms. The molecule has 2 heterocycles. The first-order valence-corrected chi connectivity index (χ1v) is 12.9. The fraction of sp³-hybridized carbons (Fsp3) is 0.630. The quantitative estimate of drug-likeness (QED) is 0.306. The predicted octanol–water partition coefficient (Wildman–Crippen LogP) is 3.56. The molecular weight excluding hydrogens is 480 g/mol. The van der Waals surface area contributed by atoms with Gasteiger partial charge in [0, 0.05) is 19.6 Å². The van der Waals surface area contributed by atoms with Gasteiger partial charge in [0.25, 0.3) is 0 Å². The van der Waals surface area contributed by atoms with E-state index in [0.29, 0.717) is 25.9 Å². The lowest BCUT2D eigenvalue weighted by Crippen LogP contribution is -2.57. The maximum absolute atomic E-state index is 13.2. The molecule has 0 saturated carbocycles. The van der Waals surface area contributed by atoms with Gasteiger partial charge < -0.3 is 23.8 Å². The van der Waals surface area contributed by atoms with E-state index in [1.54, 1.807) is 32.6 Å². The fourth-order valence-electron chi connectivity index (χ4n) is 4.38. The van der Waals surface area contributed by atoms with E-state index in [4.69, 9.17) is 18.9 Å². The van der Waals surface area contributed by atoms with Gasteiger partial charge in [-0.15, -0.1) is 0 Å². The molecule has 3 rings (SSSR count). The number of likely N-dealkylation sites (tertiary alicyclic amines) is 2. The smallest absolute Gasteiger partial charge is 0.410 e. The standard InChI is InChI=1S/C27H38N2O8/c1-5-34-24(31)21-13-16-29(26(33)37-27(2,3)4)22(23(21)30)18-35-20-11-14-28(15-12-20)25(32)36-17-19-9-7-6-8-10-19/h6-10,20-22H,5,11-18H2,1-4H3. The Morgan fingerprint density at radius 1 is 0.946 bits per heavy atom. The van der Waals surface area contributed by atoms with Crippen molar-refractivity contribution >= 4 is 23.9 Å². The van der Waals surface area contributed by atoms with E-state index in [9.17, 15) is 19.2 Å². The molecule has 0 aromatic heterocycles. The van der Waals surface area contributed by atoms with Crippen molar-refractivity contribution in [2.75, 3.05) is 32.8 Å². The number of benzene rings is 1. The van der Waals surface area contributed by atoms with E-state index in [-0.39, 0.29) is 45.0 Å². The predicted molar refractivity (Wildman–Crippen MR) is 134 cm³/mol. The van der Waals surface area contributed by atoms with E-state index < -0.39 is 35.4 Å². The van der Waals surface area contributed by atoms with Crippen LogP contribution >= 0.6 is 0 Å².